The quantitative estimate of drug-likeness (QED) is 0.662. The van der Waals surface area contributed by atoms with Gasteiger partial charge in [-0.15, -0.1) is 24.8 Å². The summed E-state index contributed by atoms with van der Waals surface area (Å²) in [6.45, 7) is 6.29. The third-order valence-electron chi connectivity index (χ3n) is 1.99. The lowest BCUT2D eigenvalue weighted by Crippen LogP contribution is -2.30. The van der Waals surface area contributed by atoms with Gasteiger partial charge >= 0.3 is 0 Å². The highest BCUT2D eigenvalue weighted by Crippen LogP contribution is 2.07. The first-order chi connectivity index (χ1) is 4.43. The molecule has 1 aliphatic heterocycles. The van der Waals surface area contributed by atoms with Gasteiger partial charge in [0.2, 0.25) is 0 Å². The van der Waals surface area contributed by atoms with Gasteiger partial charge in [-0.05, 0) is 38.9 Å². The van der Waals surface area contributed by atoms with Crippen molar-refractivity contribution in [3.05, 3.63) is 0 Å². The van der Waals surface area contributed by atoms with Gasteiger partial charge in [-0.1, -0.05) is 13.3 Å². The molecular formula is C8H19Cl2N. The van der Waals surface area contributed by atoms with Crippen LogP contribution in [-0.2, 0) is 0 Å². The minimum Gasteiger partial charge on any atom is -0.303 e. The average molecular weight is 200 g/mol. The third-order valence-corrected chi connectivity index (χ3v) is 1.99. The zero-order valence-electron chi connectivity index (χ0n) is 7.21. The Morgan fingerprint density at radius 1 is 1.00 bits per heavy atom. The number of halogens is 2. The van der Waals surface area contributed by atoms with Crippen LogP contribution in [0.2, 0.25) is 0 Å². The van der Waals surface area contributed by atoms with Crippen LogP contribution in [0.4, 0.5) is 0 Å². The third kappa shape index (κ3) is 5.77. The van der Waals surface area contributed by atoms with E-state index in [4.69, 9.17) is 0 Å². The summed E-state index contributed by atoms with van der Waals surface area (Å²) in [7, 11) is 0. The van der Waals surface area contributed by atoms with Gasteiger partial charge < -0.3 is 4.90 Å². The summed E-state index contributed by atoms with van der Waals surface area (Å²) in [5, 5.41) is 0. The monoisotopic (exact) mass is 199 g/mol. The average Bonchev–Trinajstić information content (AvgIpc) is 1.91. The smallest absolute Gasteiger partial charge is 0.00187 e. The van der Waals surface area contributed by atoms with Gasteiger partial charge in [-0.3, -0.25) is 0 Å². The van der Waals surface area contributed by atoms with Crippen LogP contribution in [0.1, 0.15) is 32.6 Å². The van der Waals surface area contributed by atoms with Crippen LogP contribution in [0.25, 0.3) is 0 Å². The fraction of sp³-hybridized carbons (Fsp3) is 1.00. The predicted octanol–water partition coefficient (Wildman–Crippen LogP) is 2.73. The van der Waals surface area contributed by atoms with Crippen molar-refractivity contribution in [2.24, 2.45) is 0 Å². The molecule has 0 aromatic carbocycles. The van der Waals surface area contributed by atoms with Crippen LogP contribution in [0.5, 0.6) is 0 Å². The molecule has 0 unspecified atom stereocenters. The molecule has 0 radical (unpaired) electrons. The molecule has 0 aromatic rings. The number of hydrogen-bond acceptors (Lipinski definition) is 1. The van der Waals surface area contributed by atoms with Gasteiger partial charge in [-0.25, -0.2) is 0 Å². The minimum atomic E-state index is 0. The number of nitrogens with zero attached hydrogens (tertiary/aromatic N) is 1. The van der Waals surface area contributed by atoms with Gasteiger partial charge in [0.15, 0.2) is 0 Å². The van der Waals surface area contributed by atoms with E-state index in [0.29, 0.717) is 0 Å². The van der Waals surface area contributed by atoms with E-state index in [1.165, 1.54) is 45.3 Å². The highest BCUT2D eigenvalue weighted by atomic mass is 35.5. The topological polar surface area (TPSA) is 3.24 Å². The molecule has 1 nitrogen and oxygen atoms in total. The SMILES string of the molecule is CCCN1CCCCC1.Cl.Cl. The first-order valence-electron chi connectivity index (χ1n) is 4.16. The Kier molecular flexibility index (Phi) is 11.1. The summed E-state index contributed by atoms with van der Waals surface area (Å²) in [5.74, 6) is 0. The first-order valence-corrected chi connectivity index (χ1v) is 4.16. The maximum atomic E-state index is 2.57. The number of rotatable bonds is 2. The van der Waals surface area contributed by atoms with Crippen molar-refractivity contribution in [1.29, 1.82) is 0 Å². The lowest BCUT2D eigenvalue weighted by Gasteiger charge is -2.25. The molecule has 0 bridgehead atoms. The summed E-state index contributed by atoms with van der Waals surface area (Å²) in [5.41, 5.74) is 0. The molecule has 3 heteroatoms. The fourth-order valence-corrected chi connectivity index (χ4v) is 1.50. The Morgan fingerprint density at radius 3 is 2.00 bits per heavy atom. The highest BCUT2D eigenvalue weighted by molar-refractivity contribution is 5.85. The minimum absolute atomic E-state index is 0. The molecule has 0 amide bonds. The summed E-state index contributed by atoms with van der Waals surface area (Å²) in [4.78, 5) is 2.57. The van der Waals surface area contributed by atoms with Gasteiger partial charge in [0.25, 0.3) is 0 Å². The normalized spacial score (nSPS) is 18.3. The molecule has 0 atom stereocenters. The van der Waals surface area contributed by atoms with Crippen molar-refractivity contribution in [2.75, 3.05) is 19.6 Å². The molecule has 0 saturated carbocycles. The van der Waals surface area contributed by atoms with E-state index < -0.39 is 0 Å². The Balaban J connectivity index is 0. The Labute approximate surface area is 82.4 Å². The predicted molar refractivity (Wildman–Crippen MR) is 55.1 cm³/mol. The zero-order chi connectivity index (χ0) is 6.53. The maximum absolute atomic E-state index is 2.57. The van der Waals surface area contributed by atoms with Crippen molar-refractivity contribution in [2.45, 2.75) is 32.6 Å². The van der Waals surface area contributed by atoms with Gasteiger partial charge in [0.1, 0.15) is 0 Å². The molecular weight excluding hydrogens is 181 g/mol. The second kappa shape index (κ2) is 8.63. The van der Waals surface area contributed by atoms with E-state index >= 15 is 0 Å². The van der Waals surface area contributed by atoms with E-state index in [2.05, 4.69) is 11.8 Å². The van der Waals surface area contributed by atoms with Crippen molar-refractivity contribution in [3.8, 4) is 0 Å². The lowest BCUT2D eigenvalue weighted by atomic mass is 10.1. The largest absolute Gasteiger partial charge is 0.303 e. The van der Waals surface area contributed by atoms with Crippen molar-refractivity contribution >= 4 is 24.8 Å². The molecule has 1 fully saturated rings. The van der Waals surface area contributed by atoms with E-state index in [0.717, 1.165) is 0 Å². The standard InChI is InChI=1S/C8H17N.2ClH/c1-2-6-9-7-4-3-5-8-9;;/h2-8H2,1H3;2*1H. The molecule has 1 heterocycles. The van der Waals surface area contributed by atoms with Gasteiger partial charge in [0.05, 0.1) is 0 Å². The van der Waals surface area contributed by atoms with E-state index in [-0.39, 0.29) is 24.8 Å². The number of piperidine rings is 1. The van der Waals surface area contributed by atoms with E-state index in [9.17, 15) is 0 Å². The Hall–Kier alpha value is 0.540. The molecule has 0 N–H and O–H groups in total. The molecule has 11 heavy (non-hydrogen) atoms. The number of likely N-dealkylation sites (tertiary alicyclic amines) is 1. The summed E-state index contributed by atoms with van der Waals surface area (Å²) in [6, 6.07) is 0. The second-order valence-electron chi connectivity index (χ2n) is 2.90. The molecule has 0 aliphatic carbocycles. The lowest BCUT2D eigenvalue weighted by molar-refractivity contribution is 0.229. The second-order valence-corrected chi connectivity index (χ2v) is 2.90. The first kappa shape index (κ1) is 14.1. The zero-order valence-corrected chi connectivity index (χ0v) is 8.85. The molecule has 1 aliphatic rings. The van der Waals surface area contributed by atoms with Crippen LogP contribution >= 0.6 is 24.8 Å². The van der Waals surface area contributed by atoms with Crippen LogP contribution in [0.3, 0.4) is 0 Å². The van der Waals surface area contributed by atoms with Crippen LogP contribution in [0.15, 0.2) is 0 Å². The molecule has 0 aromatic heterocycles. The fourth-order valence-electron chi connectivity index (χ4n) is 1.50. The maximum Gasteiger partial charge on any atom is -0.00187 e. The van der Waals surface area contributed by atoms with Crippen molar-refractivity contribution in [3.63, 3.8) is 0 Å². The van der Waals surface area contributed by atoms with Crippen molar-refractivity contribution in [1.82, 2.24) is 4.90 Å². The van der Waals surface area contributed by atoms with Crippen LogP contribution < -0.4 is 0 Å². The Morgan fingerprint density at radius 2 is 1.55 bits per heavy atom. The summed E-state index contributed by atoms with van der Waals surface area (Å²) in [6.07, 6.45) is 5.64. The van der Waals surface area contributed by atoms with Crippen LogP contribution in [-0.4, -0.2) is 24.5 Å². The van der Waals surface area contributed by atoms with E-state index in [1.54, 1.807) is 0 Å². The van der Waals surface area contributed by atoms with Gasteiger partial charge in [0, 0.05) is 0 Å². The number of hydrogen-bond donors (Lipinski definition) is 0. The van der Waals surface area contributed by atoms with Crippen LogP contribution in [0, 0.1) is 0 Å². The molecule has 0 spiro atoms. The highest BCUT2D eigenvalue weighted by Gasteiger charge is 2.07. The Bertz CT molecular complexity index is 69.7. The molecule has 70 valence electrons. The molecule has 1 rings (SSSR count). The summed E-state index contributed by atoms with van der Waals surface area (Å²) < 4.78 is 0. The van der Waals surface area contributed by atoms with Crippen molar-refractivity contribution < 1.29 is 0 Å². The molecule has 1 saturated heterocycles. The summed E-state index contributed by atoms with van der Waals surface area (Å²) >= 11 is 0. The van der Waals surface area contributed by atoms with E-state index in [1.807, 2.05) is 0 Å². The van der Waals surface area contributed by atoms with Gasteiger partial charge in [-0.2, -0.15) is 0 Å².